The number of nitrogens with one attached hydrogen (secondary N) is 1. The van der Waals surface area contributed by atoms with E-state index in [1.165, 1.54) is 22.3 Å². The monoisotopic (exact) mass is 389 g/mol. The number of likely N-dealkylation sites (N-methyl/N-ethyl adjacent to an activating group) is 1. The summed E-state index contributed by atoms with van der Waals surface area (Å²) in [6.45, 7) is 2.51. The fourth-order valence-corrected chi connectivity index (χ4v) is 4.76. The SMILES string of the molecule is CN(CCCc1c[nH]c2c1C=C=C=C2)C1COc2ccc3c(c2C1)C(O)N(C)C3. The highest BCUT2D eigenvalue weighted by Crippen LogP contribution is 2.40. The fraction of sp³-hybridized carbons (Fsp3) is 0.417. The summed E-state index contributed by atoms with van der Waals surface area (Å²) in [7, 11) is 4.15. The van der Waals surface area contributed by atoms with Crippen molar-refractivity contribution in [2.24, 2.45) is 0 Å². The molecule has 0 spiro atoms. The molecule has 2 aliphatic heterocycles. The van der Waals surface area contributed by atoms with E-state index in [0.717, 1.165) is 49.4 Å². The van der Waals surface area contributed by atoms with Crippen molar-refractivity contribution in [3.63, 3.8) is 0 Å². The molecule has 0 radical (unpaired) electrons. The molecule has 5 heteroatoms. The van der Waals surface area contributed by atoms with Crippen LogP contribution >= 0.6 is 0 Å². The number of hydrogen-bond acceptors (Lipinski definition) is 4. The molecule has 2 N–H and O–H groups in total. The van der Waals surface area contributed by atoms with Gasteiger partial charge < -0.3 is 14.8 Å². The van der Waals surface area contributed by atoms with Crippen LogP contribution < -0.4 is 4.74 Å². The van der Waals surface area contributed by atoms with Crippen molar-refractivity contribution in [2.75, 3.05) is 27.2 Å². The van der Waals surface area contributed by atoms with Gasteiger partial charge in [-0.15, -0.1) is 0 Å². The van der Waals surface area contributed by atoms with E-state index >= 15 is 0 Å². The Labute approximate surface area is 171 Å². The Hall–Kier alpha value is -2.52. The molecule has 2 unspecified atom stereocenters. The largest absolute Gasteiger partial charge is 0.492 e. The van der Waals surface area contributed by atoms with Gasteiger partial charge in [0.25, 0.3) is 0 Å². The summed E-state index contributed by atoms with van der Waals surface area (Å²) < 4.78 is 6.09. The Kier molecular flexibility index (Phi) is 4.71. The predicted molar refractivity (Wildman–Crippen MR) is 114 cm³/mol. The molecule has 5 nitrogen and oxygen atoms in total. The molecule has 0 amide bonds. The normalized spacial score (nSPS) is 21.9. The summed E-state index contributed by atoms with van der Waals surface area (Å²) in [5.41, 5.74) is 13.2. The van der Waals surface area contributed by atoms with Gasteiger partial charge >= 0.3 is 0 Å². The topological polar surface area (TPSA) is 51.7 Å². The maximum absolute atomic E-state index is 10.6. The van der Waals surface area contributed by atoms with Gasteiger partial charge in [-0.25, -0.2) is 0 Å². The zero-order valence-electron chi connectivity index (χ0n) is 17.0. The molecule has 1 aliphatic carbocycles. The average molecular weight is 389 g/mol. The molecule has 29 heavy (non-hydrogen) atoms. The van der Waals surface area contributed by atoms with Gasteiger partial charge in [0.05, 0.1) is 5.69 Å². The third-order valence-corrected chi connectivity index (χ3v) is 6.51. The van der Waals surface area contributed by atoms with E-state index in [1.807, 2.05) is 24.1 Å². The van der Waals surface area contributed by atoms with Gasteiger partial charge in [0.15, 0.2) is 0 Å². The lowest BCUT2D eigenvalue weighted by atomic mass is 9.93. The number of nitrogens with zero attached hydrogens (tertiary/aromatic N) is 2. The van der Waals surface area contributed by atoms with Crippen LogP contribution in [-0.4, -0.2) is 53.2 Å². The van der Waals surface area contributed by atoms with E-state index in [2.05, 4.69) is 46.7 Å². The van der Waals surface area contributed by atoms with E-state index in [0.29, 0.717) is 12.6 Å². The minimum absolute atomic E-state index is 0.331. The fourth-order valence-electron chi connectivity index (χ4n) is 4.76. The second-order valence-corrected chi connectivity index (χ2v) is 8.38. The van der Waals surface area contributed by atoms with Crippen LogP contribution in [0.3, 0.4) is 0 Å². The minimum Gasteiger partial charge on any atom is -0.492 e. The molecule has 2 aromatic rings. The Morgan fingerprint density at radius 3 is 3.07 bits per heavy atom. The molecule has 5 rings (SSSR count). The van der Waals surface area contributed by atoms with Gasteiger partial charge in [0.1, 0.15) is 18.6 Å². The third-order valence-electron chi connectivity index (χ3n) is 6.51. The van der Waals surface area contributed by atoms with Crippen molar-refractivity contribution in [2.45, 2.75) is 38.1 Å². The molecule has 3 heterocycles. The maximum Gasteiger partial charge on any atom is 0.134 e. The summed E-state index contributed by atoms with van der Waals surface area (Å²) in [6, 6.07) is 4.50. The predicted octanol–water partition coefficient (Wildman–Crippen LogP) is 3.11. The number of benzene rings is 1. The molecule has 0 bridgehead atoms. The molecular formula is C24H27N3O2. The summed E-state index contributed by atoms with van der Waals surface area (Å²) in [4.78, 5) is 7.71. The Bertz CT molecular complexity index is 1040. The van der Waals surface area contributed by atoms with Crippen molar-refractivity contribution in [1.29, 1.82) is 0 Å². The summed E-state index contributed by atoms with van der Waals surface area (Å²) in [6.07, 6.45) is 8.59. The second kappa shape index (κ2) is 7.38. The Morgan fingerprint density at radius 1 is 1.31 bits per heavy atom. The first kappa shape index (κ1) is 18.5. The van der Waals surface area contributed by atoms with E-state index < -0.39 is 6.23 Å². The van der Waals surface area contributed by atoms with E-state index in [9.17, 15) is 5.11 Å². The zero-order valence-corrected chi connectivity index (χ0v) is 17.0. The van der Waals surface area contributed by atoms with Crippen LogP contribution in [0.4, 0.5) is 0 Å². The number of fused-ring (bicyclic) bond motifs is 4. The summed E-state index contributed by atoms with van der Waals surface area (Å²) in [5, 5.41) is 10.6. The molecular weight excluding hydrogens is 362 g/mol. The van der Waals surface area contributed by atoms with Crippen molar-refractivity contribution in [3.8, 4) is 5.75 Å². The van der Waals surface area contributed by atoms with Gasteiger partial charge in [-0.3, -0.25) is 9.80 Å². The van der Waals surface area contributed by atoms with Crippen LogP contribution in [0.5, 0.6) is 5.75 Å². The standard InChI is InChI=1S/C24H27N3O2/c1-26(11-5-6-16-13-25-21-8-4-3-7-19(16)21)18-12-20-22(29-15-18)10-9-17-14-27(2)24(28)23(17)20/h7-10,13,18,24-25,28H,5-6,11-12,14-15H2,1-2H3. The van der Waals surface area contributed by atoms with Gasteiger partial charge in [0, 0.05) is 41.5 Å². The highest BCUT2D eigenvalue weighted by molar-refractivity contribution is 5.68. The van der Waals surface area contributed by atoms with Gasteiger partial charge in [0.2, 0.25) is 0 Å². The number of rotatable bonds is 5. The second-order valence-electron chi connectivity index (χ2n) is 8.38. The van der Waals surface area contributed by atoms with Crippen LogP contribution in [-0.2, 0) is 19.4 Å². The molecule has 2 atom stereocenters. The first-order valence-electron chi connectivity index (χ1n) is 10.4. The number of hydrogen-bond donors (Lipinski definition) is 2. The number of aliphatic hydroxyl groups is 1. The van der Waals surface area contributed by atoms with Gasteiger partial charge in [-0.05, 0) is 63.2 Å². The first-order chi connectivity index (χ1) is 14.1. The van der Waals surface area contributed by atoms with E-state index in [4.69, 9.17) is 4.74 Å². The molecule has 0 fully saturated rings. The molecule has 3 aliphatic rings. The highest BCUT2D eigenvalue weighted by atomic mass is 16.5. The van der Waals surface area contributed by atoms with Crippen LogP contribution in [0.25, 0.3) is 12.2 Å². The molecule has 1 aromatic heterocycles. The number of aliphatic hydroxyl groups excluding tert-OH is 1. The maximum atomic E-state index is 10.6. The number of H-pyrrole nitrogens is 1. The van der Waals surface area contributed by atoms with Crippen molar-refractivity contribution in [3.05, 3.63) is 63.3 Å². The van der Waals surface area contributed by atoms with Crippen LogP contribution in [0.2, 0.25) is 0 Å². The van der Waals surface area contributed by atoms with Crippen LogP contribution in [0, 0.1) is 0 Å². The van der Waals surface area contributed by atoms with Crippen LogP contribution in [0.15, 0.2) is 29.8 Å². The third kappa shape index (κ3) is 3.28. The number of aromatic nitrogens is 1. The van der Waals surface area contributed by atoms with Gasteiger partial charge in [-0.2, -0.15) is 0 Å². The average Bonchev–Trinajstić information content (AvgIpc) is 3.28. The lowest BCUT2D eigenvalue weighted by molar-refractivity contribution is 0.0321. The van der Waals surface area contributed by atoms with Gasteiger partial charge in [-0.1, -0.05) is 17.5 Å². The quantitative estimate of drug-likeness (QED) is 0.659. The number of aryl methyl sites for hydroxylation is 1. The number of ether oxygens (including phenoxy) is 1. The lowest BCUT2D eigenvalue weighted by Gasteiger charge is -2.34. The summed E-state index contributed by atoms with van der Waals surface area (Å²) >= 11 is 0. The minimum atomic E-state index is -0.525. The van der Waals surface area contributed by atoms with Crippen molar-refractivity contribution in [1.82, 2.24) is 14.8 Å². The lowest BCUT2D eigenvalue weighted by Crippen LogP contribution is -2.41. The molecule has 1 aromatic carbocycles. The molecule has 150 valence electrons. The Morgan fingerprint density at radius 2 is 2.17 bits per heavy atom. The molecule has 0 saturated carbocycles. The Balaban J connectivity index is 1.23. The summed E-state index contributed by atoms with van der Waals surface area (Å²) in [5.74, 6) is 0.939. The van der Waals surface area contributed by atoms with Crippen molar-refractivity contribution >= 4 is 12.2 Å². The van der Waals surface area contributed by atoms with E-state index in [1.54, 1.807) is 0 Å². The van der Waals surface area contributed by atoms with E-state index in [-0.39, 0.29) is 0 Å². The first-order valence-corrected chi connectivity index (χ1v) is 10.4. The highest BCUT2D eigenvalue weighted by Gasteiger charge is 2.33. The number of aromatic amines is 1. The smallest absolute Gasteiger partial charge is 0.134 e. The van der Waals surface area contributed by atoms with Crippen molar-refractivity contribution < 1.29 is 9.84 Å². The van der Waals surface area contributed by atoms with Crippen LogP contribution in [0.1, 0.15) is 46.2 Å². The molecule has 0 saturated heterocycles. The zero-order chi connectivity index (χ0) is 20.0.